The van der Waals surface area contributed by atoms with Crippen molar-refractivity contribution >= 4 is 17.6 Å². The van der Waals surface area contributed by atoms with Crippen LogP contribution < -0.4 is 4.72 Å². The third-order valence-electron chi connectivity index (χ3n) is 4.12. The summed E-state index contributed by atoms with van der Waals surface area (Å²) in [5.41, 5.74) is 1.45. The molecule has 0 aliphatic carbocycles. The van der Waals surface area contributed by atoms with Gasteiger partial charge in [0, 0.05) is 14.2 Å². The molecule has 0 radical (unpaired) electrons. The largest absolute Gasteiger partial charge is 0.390 e. The Bertz CT molecular complexity index is 878. The van der Waals surface area contributed by atoms with Crippen molar-refractivity contribution < 1.29 is 27.1 Å². The maximum atomic E-state index is 12.8. The third-order valence-corrected chi connectivity index (χ3v) is 7.51. The second-order valence-electron chi connectivity index (χ2n) is 6.05. The van der Waals surface area contributed by atoms with E-state index in [2.05, 4.69) is 4.72 Å². The van der Waals surface area contributed by atoms with Gasteiger partial charge in [-0.25, -0.2) is 13.1 Å². The molecule has 148 valence electrons. The third kappa shape index (κ3) is 5.72. The first-order chi connectivity index (χ1) is 12.7. The molecule has 0 aromatic heterocycles. The van der Waals surface area contributed by atoms with E-state index in [4.69, 9.17) is 9.05 Å². The zero-order valence-corrected chi connectivity index (χ0v) is 17.1. The lowest BCUT2D eigenvalue weighted by Crippen LogP contribution is -2.38. The molecule has 0 saturated heterocycles. The average Bonchev–Trinajstić information content (AvgIpc) is 2.67. The van der Waals surface area contributed by atoms with Crippen LogP contribution in [0.25, 0.3) is 0 Å². The van der Waals surface area contributed by atoms with E-state index in [-0.39, 0.29) is 11.1 Å². The quantitative estimate of drug-likeness (QED) is 0.613. The van der Waals surface area contributed by atoms with Crippen LogP contribution in [-0.4, -0.2) is 40.0 Å². The molecule has 0 unspecified atom stereocenters. The van der Waals surface area contributed by atoms with E-state index in [1.54, 1.807) is 42.5 Å². The van der Waals surface area contributed by atoms with E-state index in [9.17, 15) is 18.1 Å². The molecule has 0 saturated carbocycles. The van der Waals surface area contributed by atoms with Crippen LogP contribution in [0.3, 0.4) is 0 Å². The highest BCUT2D eigenvalue weighted by molar-refractivity contribution is 7.89. The van der Waals surface area contributed by atoms with Crippen LogP contribution in [0.1, 0.15) is 17.2 Å². The Morgan fingerprint density at radius 2 is 1.59 bits per heavy atom. The SMILES string of the molecule is COP(=O)(C[C@@H](O)[C@@H](NS(=O)(=O)c1ccc(C)cc1)c1ccccc1)OC. The minimum Gasteiger partial charge on any atom is -0.390 e. The van der Waals surface area contributed by atoms with Gasteiger partial charge in [0.05, 0.1) is 23.2 Å². The summed E-state index contributed by atoms with van der Waals surface area (Å²) in [6.45, 7) is 1.85. The van der Waals surface area contributed by atoms with Crippen LogP contribution in [-0.2, 0) is 23.6 Å². The lowest BCUT2D eigenvalue weighted by Gasteiger charge is -2.26. The van der Waals surface area contributed by atoms with Gasteiger partial charge in [0.2, 0.25) is 10.0 Å². The second-order valence-corrected chi connectivity index (χ2v) is 10.1. The summed E-state index contributed by atoms with van der Waals surface area (Å²) in [6.07, 6.45) is -1.70. The van der Waals surface area contributed by atoms with Gasteiger partial charge in [-0.1, -0.05) is 48.0 Å². The molecule has 7 nitrogen and oxygen atoms in total. The molecule has 0 aliphatic rings. The highest BCUT2D eigenvalue weighted by atomic mass is 32.2. The van der Waals surface area contributed by atoms with Crippen molar-refractivity contribution in [3.8, 4) is 0 Å². The topological polar surface area (TPSA) is 102 Å². The van der Waals surface area contributed by atoms with Gasteiger partial charge in [-0.3, -0.25) is 4.57 Å². The molecular weight excluding hydrogens is 389 g/mol. The van der Waals surface area contributed by atoms with E-state index in [1.807, 2.05) is 6.92 Å². The molecular formula is C18H24NO6PS. The van der Waals surface area contributed by atoms with Crippen molar-refractivity contribution in [2.24, 2.45) is 0 Å². The van der Waals surface area contributed by atoms with Gasteiger partial charge in [-0.05, 0) is 24.6 Å². The predicted molar refractivity (Wildman–Crippen MR) is 103 cm³/mol. The molecule has 0 heterocycles. The van der Waals surface area contributed by atoms with Crippen LogP contribution in [0.2, 0.25) is 0 Å². The van der Waals surface area contributed by atoms with Gasteiger partial charge >= 0.3 is 7.60 Å². The zero-order valence-electron chi connectivity index (χ0n) is 15.4. The van der Waals surface area contributed by atoms with Crippen molar-refractivity contribution in [1.82, 2.24) is 4.72 Å². The second kappa shape index (κ2) is 9.10. The van der Waals surface area contributed by atoms with Crippen molar-refractivity contribution in [2.45, 2.75) is 24.0 Å². The monoisotopic (exact) mass is 413 g/mol. The number of sulfonamides is 1. The van der Waals surface area contributed by atoms with Crippen LogP contribution in [0, 0.1) is 6.92 Å². The summed E-state index contributed by atoms with van der Waals surface area (Å²) in [5, 5.41) is 10.7. The maximum Gasteiger partial charge on any atom is 0.332 e. The Balaban J connectivity index is 2.36. The van der Waals surface area contributed by atoms with Crippen molar-refractivity contribution in [3.63, 3.8) is 0 Å². The molecule has 2 atom stereocenters. The van der Waals surface area contributed by atoms with Gasteiger partial charge < -0.3 is 14.2 Å². The fourth-order valence-electron chi connectivity index (χ4n) is 2.54. The fraction of sp³-hybridized carbons (Fsp3) is 0.333. The molecule has 2 N–H and O–H groups in total. The molecule has 0 amide bonds. The first-order valence-electron chi connectivity index (χ1n) is 8.23. The lowest BCUT2D eigenvalue weighted by atomic mass is 10.0. The number of nitrogens with one attached hydrogen (secondary N) is 1. The first-order valence-corrected chi connectivity index (χ1v) is 11.4. The van der Waals surface area contributed by atoms with Gasteiger partial charge in [0.1, 0.15) is 0 Å². The minimum atomic E-state index is -3.92. The highest BCUT2D eigenvalue weighted by Crippen LogP contribution is 2.48. The van der Waals surface area contributed by atoms with Crippen LogP contribution in [0.15, 0.2) is 59.5 Å². The summed E-state index contributed by atoms with van der Waals surface area (Å²) in [4.78, 5) is 0.0721. The minimum absolute atomic E-state index is 0.0721. The number of aliphatic hydroxyl groups is 1. The summed E-state index contributed by atoms with van der Waals surface area (Å²) < 4.78 is 50.2. The number of aryl methyl sites for hydroxylation is 1. The van der Waals surface area contributed by atoms with E-state index in [0.29, 0.717) is 5.56 Å². The number of rotatable bonds is 9. The summed E-state index contributed by atoms with van der Waals surface area (Å²) >= 11 is 0. The first kappa shape index (κ1) is 21.8. The summed E-state index contributed by atoms with van der Waals surface area (Å²) in [5.74, 6) is 0. The van der Waals surface area contributed by atoms with Crippen molar-refractivity contribution in [3.05, 3.63) is 65.7 Å². The van der Waals surface area contributed by atoms with Gasteiger partial charge in [0.25, 0.3) is 0 Å². The molecule has 27 heavy (non-hydrogen) atoms. The van der Waals surface area contributed by atoms with E-state index in [0.717, 1.165) is 5.56 Å². The number of aliphatic hydroxyl groups excluding tert-OH is 1. The molecule has 0 fully saturated rings. The van der Waals surface area contributed by atoms with E-state index >= 15 is 0 Å². The molecule has 0 spiro atoms. The Hall–Kier alpha value is -1.54. The zero-order chi connectivity index (χ0) is 20.1. The van der Waals surface area contributed by atoms with E-state index in [1.165, 1.54) is 26.4 Å². The number of hydrogen-bond donors (Lipinski definition) is 2. The molecule has 2 aromatic rings. The predicted octanol–water partition coefficient (Wildman–Crippen LogP) is 2.86. The van der Waals surface area contributed by atoms with Gasteiger partial charge in [-0.15, -0.1) is 0 Å². The van der Waals surface area contributed by atoms with Crippen molar-refractivity contribution in [1.29, 1.82) is 0 Å². The molecule has 0 bridgehead atoms. The normalized spacial score (nSPS) is 14.7. The number of benzene rings is 2. The van der Waals surface area contributed by atoms with Gasteiger partial charge in [0.15, 0.2) is 0 Å². The van der Waals surface area contributed by atoms with Crippen LogP contribution in [0.4, 0.5) is 0 Å². The molecule has 0 aliphatic heterocycles. The standard InChI is InChI=1S/C18H24NO6PS/c1-14-9-11-16(12-10-14)27(22,23)19-18(15-7-5-4-6-8-15)17(20)13-26(21,24-2)25-3/h4-12,17-20H,13H2,1-3H3/t17-,18+/m1/s1. The summed E-state index contributed by atoms with van der Waals surface area (Å²) in [7, 11) is -5.03. The highest BCUT2D eigenvalue weighted by Gasteiger charge is 2.34. The van der Waals surface area contributed by atoms with E-state index < -0.39 is 29.8 Å². The maximum absolute atomic E-state index is 12.8. The van der Waals surface area contributed by atoms with Crippen LogP contribution >= 0.6 is 7.60 Å². The average molecular weight is 413 g/mol. The van der Waals surface area contributed by atoms with Crippen molar-refractivity contribution in [2.75, 3.05) is 20.4 Å². The Morgan fingerprint density at radius 1 is 1.04 bits per heavy atom. The smallest absolute Gasteiger partial charge is 0.332 e. The Kier molecular flexibility index (Phi) is 7.33. The Morgan fingerprint density at radius 3 is 2.11 bits per heavy atom. The summed E-state index contributed by atoms with van der Waals surface area (Å²) in [6, 6.07) is 13.9. The Labute approximate surface area is 159 Å². The molecule has 2 rings (SSSR count). The fourth-order valence-corrected chi connectivity index (χ4v) is 4.91. The van der Waals surface area contributed by atoms with Crippen LogP contribution in [0.5, 0.6) is 0 Å². The molecule has 2 aromatic carbocycles. The lowest BCUT2D eigenvalue weighted by molar-refractivity contribution is 0.147. The van der Waals surface area contributed by atoms with Gasteiger partial charge in [-0.2, -0.15) is 0 Å². The number of hydrogen-bond acceptors (Lipinski definition) is 6. The molecule has 9 heteroatoms.